The lowest BCUT2D eigenvalue weighted by atomic mass is 10.2. The van der Waals surface area contributed by atoms with Crippen LogP contribution in [0.3, 0.4) is 0 Å². The van der Waals surface area contributed by atoms with E-state index in [1.165, 1.54) is 0 Å². The Morgan fingerprint density at radius 3 is 2.41 bits per heavy atom. The van der Waals surface area contributed by atoms with Crippen molar-refractivity contribution in [2.75, 3.05) is 12.3 Å². The minimum atomic E-state index is -2.48. The number of rotatable bonds is 7. The number of unbranched alkanes of at least 4 members (excludes halogenated alkanes) is 1. The van der Waals surface area contributed by atoms with Gasteiger partial charge in [0.2, 0.25) is 7.37 Å². The van der Waals surface area contributed by atoms with Crippen molar-refractivity contribution in [2.45, 2.75) is 40.0 Å². The highest BCUT2D eigenvalue weighted by Crippen LogP contribution is 2.49. The fourth-order valence-corrected chi connectivity index (χ4v) is 4.23. The molecule has 0 heterocycles. The SMILES string of the molecule is CCCCP(=O)(CCC)Oc1ccccc1C. The van der Waals surface area contributed by atoms with Crippen LogP contribution >= 0.6 is 7.37 Å². The molecule has 1 aromatic carbocycles. The standard InChI is InChI=1S/C14H23O2P/c1-4-6-12-17(15,11-5-2)16-14-10-8-7-9-13(14)3/h7-10H,4-6,11-12H2,1-3H3. The number of para-hydroxylation sites is 1. The molecule has 3 heteroatoms. The van der Waals surface area contributed by atoms with Crippen molar-refractivity contribution in [1.29, 1.82) is 0 Å². The van der Waals surface area contributed by atoms with Gasteiger partial charge in [-0.05, 0) is 31.4 Å². The first-order valence-corrected chi connectivity index (χ1v) is 8.44. The first-order valence-electron chi connectivity index (χ1n) is 6.44. The number of aryl methyl sites for hydroxylation is 1. The smallest absolute Gasteiger partial charge is 0.247 e. The van der Waals surface area contributed by atoms with Gasteiger partial charge in [0.15, 0.2) is 0 Å². The van der Waals surface area contributed by atoms with Crippen LogP contribution in [0.4, 0.5) is 0 Å². The van der Waals surface area contributed by atoms with Gasteiger partial charge in [-0.3, -0.25) is 4.57 Å². The van der Waals surface area contributed by atoms with E-state index in [2.05, 4.69) is 13.8 Å². The molecule has 2 nitrogen and oxygen atoms in total. The normalized spacial score (nSPS) is 14.3. The van der Waals surface area contributed by atoms with Gasteiger partial charge in [-0.25, -0.2) is 0 Å². The quantitative estimate of drug-likeness (QED) is 0.649. The van der Waals surface area contributed by atoms with E-state index >= 15 is 0 Å². The van der Waals surface area contributed by atoms with Crippen LogP contribution in [-0.2, 0) is 4.57 Å². The predicted molar refractivity (Wildman–Crippen MR) is 74.3 cm³/mol. The highest BCUT2D eigenvalue weighted by molar-refractivity contribution is 7.59. The number of hydrogen-bond acceptors (Lipinski definition) is 2. The summed E-state index contributed by atoms with van der Waals surface area (Å²) in [7, 11) is -2.48. The van der Waals surface area contributed by atoms with Crippen molar-refractivity contribution in [2.24, 2.45) is 0 Å². The van der Waals surface area contributed by atoms with Crippen LogP contribution in [-0.4, -0.2) is 12.3 Å². The Kier molecular flexibility index (Phi) is 5.77. The van der Waals surface area contributed by atoms with E-state index in [1.54, 1.807) is 0 Å². The molecule has 0 aliphatic heterocycles. The Morgan fingerprint density at radius 1 is 1.12 bits per heavy atom. The van der Waals surface area contributed by atoms with Crippen LogP contribution in [0, 0.1) is 6.92 Å². The Morgan fingerprint density at radius 2 is 1.82 bits per heavy atom. The van der Waals surface area contributed by atoms with Crippen molar-refractivity contribution in [1.82, 2.24) is 0 Å². The molecule has 1 aromatic rings. The molecule has 0 aliphatic rings. The van der Waals surface area contributed by atoms with Gasteiger partial charge < -0.3 is 4.52 Å². The number of benzene rings is 1. The van der Waals surface area contributed by atoms with Crippen molar-refractivity contribution < 1.29 is 9.09 Å². The van der Waals surface area contributed by atoms with Gasteiger partial charge in [-0.15, -0.1) is 0 Å². The van der Waals surface area contributed by atoms with Crippen LogP contribution in [0.25, 0.3) is 0 Å². The Bertz CT molecular complexity index is 388. The summed E-state index contributed by atoms with van der Waals surface area (Å²) >= 11 is 0. The first kappa shape index (κ1) is 14.3. The highest BCUT2D eigenvalue weighted by Gasteiger charge is 2.23. The topological polar surface area (TPSA) is 26.3 Å². The lowest BCUT2D eigenvalue weighted by Crippen LogP contribution is -2.03. The molecule has 0 saturated carbocycles. The molecule has 0 aromatic heterocycles. The zero-order chi connectivity index (χ0) is 12.7. The second kappa shape index (κ2) is 6.86. The van der Waals surface area contributed by atoms with Gasteiger partial charge in [-0.2, -0.15) is 0 Å². The summed E-state index contributed by atoms with van der Waals surface area (Å²) in [6, 6.07) is 7.80. The molecule has 0 aliphatic carbocycles. The molecule has 0 radical (unpaired) electrons. The van der Waals surface area contributed by atoms with Crippen molar-refractivity contribution in [3.63, 3.8) is 0 Å². The second-order valence-corrected chi connectivity index (χ2v) is 7.18. The molecule has 1 rings (SSSR count). The zero-order valence-corrected chi connectivity index (χ0v) is 12.0. The summed E-state index contributed by atoms with van der Waals surface area (Å²) in [4.78, 5) is 0. The molecular weight excluding hydrogens is 231 g/mol. The average Bonchev–Trinajstić information content (AvgIpc) is 2.30. The lowest BCUT2D eigenvalue weighted by Gasteiger charge is -2.20. The van der Waals surface area contributed by atoms with Gasteiger partial charge >= 0.3 is 0 Å². The Balaban J connectivity index is 2.79. The minimum absolute atomic E-state index is 0.682. The van der Waals surface area contributed by atoms with E-state index in [9.17, 15) is 4.57 Å². The van der Waals surface area contributed by atoms with Crippen LogP contribution < -0.4 is 4.52 Å². The minimum Gasteiger partial charge on any atom is -0.443 e. The molecule has 0 amide bonds. The van der Waals surface area contributed by atoms with Crippen LogP contribution in [0.2, 0.25) is 0 Å². The fraction of sp³-hybridized carbons (Fsp3) is 0.571. The van der Waals surface area contributed by atoms with Crippen molar-refractivity contribution in [3.8, 4) is 5.75 Å². The van der Waals surface area contributed by atoms with E-state index in [1.807, 2.05) is 31.2 Å². The molecule has 0 spiro atoms. The molecule has 0 bridgehead atoms. The van der Waals surface area contributed by atoms with E-state index in [0.29, 0.717) is 12.3 Å². The largest absolute Gasteiger partial charge is 0.443 e. The maximum absolute atomic E-state index is 12.7. The molecule has 1 unspecified atom stereocenters. The van der Waals surface area contributed by atoms with Gasteiger partial charge in [0.05, 0.1) is 0 Å². The van der Waals surface area contributed by atoms with E-state index in [4.69, 9.17) is 4.52 Å². The third-order valence-electron chi connectivity index (χ3n) is 2.77. The average molecular weight is 254 g/mol. The zero-order valence-electron chi connectivity index (χ0n) is 11.1. The predicted octanol–water partition coefficient (Wildman–Crippen LogP) is 4.86. The van der Waals surface area contributed by atoms with Gasteiger partial charge in [0.1, 0.15) is 5.75 Å². The summed E-state index contributed by atoms with van der Waals surface area (Å²) in [6.07, 6.45) is 4.33. The maximum atomic E-state index is 12.7. The molecule has 17 heavy (non-hydrogen) atoms. The van der Waals surface area contributed by atoms with Crippen molar-refractivity contribution >= 4 is 7.37 Å². The van der Waals surface area contributed by atoms with E-state index in [-0.39, 0.29) is 0 Å². The lowest BCUT2D eigenvalue weighted by molar-refractivity contribution is 0.476. The highest BCUT2D eigenvalue weighted by atomic mass is 31.2. The first-order chi connectivity index (χ1) is 8.11. The van der Waals surface area contributed by atoms with Crippen LogP contribution in [0.15, 0.2) is 24.3 Å². The molecule has 96 valence electrons. The Labute approximate surface area is 105 Å². The second-order valence-electron chi connectivity index (χ2n) is 4.47. The van der Waals surface area contributed by atoms with Gasteiger partial charge in [0, 0.05) is 12.3 Å². The molecule has 0 fully saturated rings. The maximum Gasteiger partial charge on any atom is 0.247 e. The third kappa shape index (κ3) is 4.55. The van der Waals surface area contributed by atoms with E-state index < -0.39 is 7.37 Å². The van der Waals surface area contributed by atoms with Crippen LogP contribution in [0.5, 0.6) is 5.75 Å². The summed E-state index contributed by atoms with van der Waals surface area (Å²) in [5, 5.41) is 0. The fourth-order valence-electron chi connectivity index (χ4n) is 1.78. The molecular formula is C14H23O2P. The molecule has 0 saturated heterocycles. The number of hydrogen-bond donors (Lipinski definition) is 0. The molecule has 1 atom stereocenters. The summed E-state index contributed by atoms with van der Waals surface area (Å²) in [5.74, 6) is 0.778. The summed E-state index contributed by atoms with van der Waals surface area (Å²) in [5.41, 5.74) is 1.06. The summed E-state index contributed by atoms with van der Waals surface area (Å²) in [6.45, 7) is 6.16. The van der Waals surface area contributed by atoms with Crippen LogP contribution in [0.1, 0.15) is 38.7 Å². The third-order valence-corrected chi connectivity index (χ3v) is 5.43. The van der Waals surface area contributed by atoms with Gasteiger partial charge in [-0.1, -0.05) is 38.5 Å². The van der Waals surface area contributed by atoms with Crippen molar-refractivity contribution in [3.05, 3.63) is 29.8 Å². The Hall–Kier alpha value is -0.750. The summed E-state index contributed by atoms with van der Waals surface area (Å²) < 4.78 is 18.5. The monoisotopic (exact) mass is 254 g/mol. The van der Waals surface area contributed by atoms with E-state index in [0.717, 1.165) is 30.6 Å². The van der Waals surface area contributed by atoms with Gasteiger partial charge in [0.25, 0.3) is 0 Å². The molecule has 0 N–H and O–H groups in total.